The fourth-order valence-corrected chi connectivity index (χ4v) is 11.1. The van der Waals surface area contributed by atoms with Gasteiger partial charge in [-0.3, -0.25) is 29.0 Å². The third-order valence-corrected chi connectivity index (χ3v) is 16.3. The molecule has 2 unspecified atom stereocenters. The van der Waals surface area contributed by atoms with E-state index in [1.807, 2.05) is 84.9 Å². The van der Waals surface area contributed by atoms with Gasteiger partial charge in [0, 0.05) is 51.1 Å². The zero-order valence-electron chi connectivity index (χ0n) is 54.5. The average Bonchev–Trinajstić information content (AvgIpc) is 1.64. The SMILES string of the molecule is CCCCN1N=C2C(N)=Nc3ccccc3C2C1Cc1ccc(CNC(=O)OCc2ccc(NC(=O)[C@H](CCCNC(N)=O)NC(=O)[C@@H](NC(=O)CCOCCOCCOCCOCCNC(=O)CCC(=O)N3Cc4ccccc4/C=C\c4ccccc43)C(C)C)cc2)cc1. The molecule has 0 radical (unpaired) electrons. The lowest BCUT2D eigenvalue weighted by Crippen LogP contribution is -2.54. The van der Waals surface area contributed by atoms with Crippen LogP contribution in [0.3, 0.4) is 0 Å². The van der Waals surface area contributed by atoms with Gasteiger partial charge < -0.3 is 72.0 Å². The number of amides is 8. The van der Waals surface area contributed by atoms with Crippen LogP contribution < -0.4 is 48.3 Å². The highest BCUT2D eigenvalue weighted by Gasteiger charge is 2.42. The summed E-state index contributed by atoms with van der Waals surface area (Å²) in [6.07, 6.45) is 6.80. The first-order valence-electron chi connectivity index (χ1n) is 32.7. The average molecular weight is 1300 g/mol. The van der Waals surface area contributed by atoms with Crippen LogP contribution in [-0.2, 0) is 73.8 Å². The van der Waals surface area contributed by atoms with Crippen LogP contribution in [0.15, 0.2) is 131 Å². The van der Waals surface area contributed by atoms with Gasteiger partial charge in [-0.15, -0.1) is 0 Å². The Balaban J connectivity index is 0.665. The number of aliphatic imine (C=N–C) groups is 1. The minimum atomic E-state index is -1.05. The van der Waals surface area contributed by atoms with Crippen molar-refractivity contribution in [2.75, 3.05) is 82.7 Å². The molecule has 0 fully saturated rings. The molecule has 5 aromatic carbocycles. The quantitative estimate of drug-likeness (QED) is 0.0180. The number of hydrogen-bond donors (Lipinski definition) is 8. The Kier molecular flexibility index (Phi) is 28.1. The number of ether oxygens (including phenoxy) is 5. The van der Waals surface area contributed by atoms with Crippen molar-refractivity contribution in [3.05, 3.63) is 160 Å². The number of para-hydroxylation sites is 2. The number of amidine groups is 1. The Hall–Kier alpha value is -9.49. The number of nitrogens with two attached hydrogens (primary N) is 2. The fraction of sp³-hybridized carbons (Fsp3) is 0.423. The van der Waals surface area contributed by atoms with Gasteiger partial charge >= 0.3 is 12.1 Å². The molecule has 95 heavy (non-hydrogen) atoms. The number of unbranched alkanes of at least 4 members (excludes halogenated alkanes) is 1. The number of fused-ring (bicyclic) bond motifs is 5. The van der Waals surface area contributed by atoms with Gasteiger partial charge in [0.2, 0.25) is 29.5 Å². The molecule has 0 bridgehead atoms. The first-order valence-corrected chi connectivity index (χ1v) is 32.7. The van der Waals surface area contributed by atoms with E-state index >= 15 is 0 Å². The van der Waals surface area contributed by atoms with Crippen LogP contribution in [0.1, 0.15) is 111 Å². The lowest BCUT2D eigenvalue weighted by molar-refractivity contribution is -0.132. The molecule has 4 atom stereocenters. The summed E-state index contributed by atoms with van der Waals surface area (Å²) in [5.41, 5.74) is 21.5. The highest BCUT2D eigenvalue weighted by Crippen LogP contribution is 2.41. The molecule has 3 heterocycles. The standard InChI is InChI=1S/C71H90N12O12/c1-4-5-35-83-60(64-56-16-9-10-17-57(56)78-67(72)66(64)81-83)44-49-20-22-50(23-21-49)45-76-71(90)95-47-51-24-28-55(29-25-51)77-68(87)58(18-12-33-75-70(73)89)79-69(88)65(48(2)3)80-62(85)32-36-91-38-40-93-42-43-94-41-39-92-37-34-74-61(84)30-31-63(86)82-46-54-15-7-6-13-52(54)26-27-53-14-8-11-19-59(53)82/h6-11,13-17,19-29,48,58,60,64-65H,4-5,12,18,30-47H2,1-3H3,(H2,72,78)(H,74,84)(H,76,90)(H,77,87)(H,79,88)(H,80,85)(H3,73,75,89)/b27-26-/t58-,60?,64?,65-/m0/s1. The number of primary amides is 1. The van der Waals surface area contributed by atoms with Crippen molar-refractivity contribution >= 4 is 82.4 Å². The van der Waals surface area contributed by atoms with Gasteiger partial charge in [-0.2, -0.15) is 5.10 Å². The van der Waals surface area contributed by atoms with Gasteiger partial charge in [0.25, 0.3) is 0 Å². The monoisotopic (exact) mass is 1300 g/mol. The second-order valence-electron chi connectivity index (χ2n) is 23.6. The molecule has 0 saturated heterocycles. The van der Waals surface area contributed by atoms with Gasteiger partial charge in [-0.25, -0.2) is 14.6 Å². The second kappa shape index (κ2) is 37.4. The van der Waals surface area contributed by atoms with E-state index in [0.717, 1.165) is 76.3 Å². The molecule has 8 rings (SSSR count). The molecule has 24 nitrogen and oxygen atoms in total. The van der Waals surface area contributed by atoms with E-state index in [1.54, 1.807) is 43.0 Å². The molecular weight excluding hydrogens is 1210 g/mol. The molecule has 0 aromatic heterocycles. The number of urea groups is 1. The number of hydrogen-bond acceptors (Lipinski definition) is 16. The molecular formula is C71H90N12O12. The van der Waals surface area contributed by atoms with Crippen LogP contribution in [0.5, 0.6) is 0 Å². The molecule has 0 spiro atoms. The van der Waals surface area contributed by atoms with Crippen molar-refractivity contribution in [1.82, 2.24) is 31.6 Å². The summed E-state index contributed by atoms with van der Waals surface area (Å²) in [6.45, 7) is 9.73. The topological polar surface area (TPSA) is 321 Å². The predicted molar refractivity (Wildman–Crippen MR) is 364 cm³/mol. The Morgan fingerprint density at radius 1 is 0.642 bits per heavy atom. The number of hydrazone groups is 1. The minimum Gasteiger partial charge on any atom is -0.445 e. The summed E-state index contributed by atoms with van der Waals surface area (Å²) in [7, 11) is 0. The molecule has 8 amide bonds. The summed E-state index contributed by atoms with van der Waals surface area (Å²) >= 11 is 0. The Morgan fingerprint density at radius 3 is 2.02 bits per heavy atom. The number of benzene rings is 5. The van der Waals surface area contributed by atoms with Crippen molar-refractivity contribution in [2.45, 2.75) is 116 Å². The first kappa shape index (κ1) is 71.4. The van der Waals surface area contributed by atoms with Crippen LogP contribution in [0, 0.1) is 5.92 Å². The number of rotatable bonds is 37. The summed E-state index contributed by atoms with van der Waals surface area (Å²) in [5, 5.41) is 23.6. The number of nitrogens with zero attached hydrogens (tertiary/aromatic N) is 4. The second-order valence-corrected chi connectivity index (χ2v) is 23.6. The van der Waals surface area contributed by atoms with Gasteiger partial charge in [0.05, 0.1) is 82.7 Å². The van der Waals surface area contributed by atoms with E-state index in [-0.39, 0.29) is 101 Å². The maximum absolute atomic E-state index is 13.7. The van der Waals surface area contributed by atoms with E-state index in [9.17, 15) is 33.6 Å². The van der Waals surface area contributed by atoms with Gasteiger partial charge in [-0.1, -0.05) is 136 Å². The van der Waals surface area contributed by atoms with Crippen molar-refractivity contribution in [3.63, 3.8) is 0 Å². The Morgan fingerprint density at radius 2 is 1.29 bits per heavy atom. The van der Waals surface area contributed by atoms with E-state index in [0.29, 0.717) is 63.0 Å². The summed E-state index contributed by atoms with van der Waals surface area (Å²) in [5.74, 6) is -1.76. The molecule has 3 aliphatic heterocycles. The maximum atomic E-state index is 13.7. The smallest absolute Gasteiger partial charge is 0.407 e. The first-order chi connectivity index (χ1) is 46.1. The molecule has 0 saturated carbocycles. The van der Waals surface area contributed by atoms with Crippen LogP contribution in [-0.4, -0.2) is 149 Å². The number of anilines is 2. The normalized spacial score (nSPS) is 15.4. The van der Waals surface area contributed by atoms with E-state index in [4.69, 9.17) is 40.3 Å². The molecule has 3 aliphatic rings. The third kappa shape index (κ3) is 22.3. The molecule has 506 valence electrons. The minimum absolute atomic E-state index is 0.0143. The van der Waals surface area contributed by atoms with Crippen molar-refractivity contribution in [3.8, 4) is 0 Å². The number of carbonyl (C=O) groups excluding carboxylic acids is 7. The zero-order valence-corrected chi connectivity index (χ0v) is 54.5. The van der Waals surface area contributed by atoms with Gasteiger partial charge in [-0.05, 0) is 94.8 Å². The number of nitrogens with one attached hydrogen (secondary N) is 6. The Bertz CT molecular complexity index is 3470. The van der Waals surface area contributed by atoms with Crippen molar-refractivity contribution in [2.24, 2.45) is 27.5 Å². The third-order valence-electron chi connectivity index (χ3n) is 16.3. The fourth-order valence-electron chi connectivity index (χ4n) is 11.1. The maximum Gasteiger partial charge on any atom is 0.407 e. The lowest BCUT2D eigenvalue weighted by atomic mass is 9.82. The highest BCUT2D eigenvalue weighted by atomic mass is 16.6. The molecule has 5 aromatic rings. The Labute approximate surface area is 555 Å². The molecule has 0 aliphatic carbocycles. The van der Waals surface area contributed by atoms with Crippen LogP contribution in [0.2, 0.25) is 0 Å². The predicted octanol–water partition coefficient (Wildman–Crippen LogP) is 7.36. The number of alkyl carbamates (subject to hydrolysis) is 1. The van der Waals surface area contributed by atoms with Gasteiger partial charge in [0.1, 0.15) is 30.2 Å². The molecule has 10 N–H and O–H groups in total. The lowest BCUT2D eigenvalue weighted by Gasteiger charge is -2.30. The van der Waals surface area contributed by atoms with Crippen molar-refractivity contribution in [1.29, 1.82) is 0 Å². The number of carbonyl (C=O) groups is 7. The van der Waals surface area contributed by atoms with Crippen LogP contribution in [0.25, 0.3) is 12.2 Å². The summed E-state index contributed by atoms with van der Waals surface area (Å²) in [6, 6.07) is 36.0. The zero-order chi connectivity index (χ0) is 67.3. The van der Waals surface area contributed by atoms with Gasteiger partial charge in [0.15, 0.2) is 0 Å². The van der Waals surface area contributed by atoms with E-state index in [2.05, 4.69) is 73.1 Å². The summed E-state index contributed by atoms with van der Waals surface area (Å²) < 4.78 is 27.8. The van der Waals surface area contributed by atoms with Crippen LogP contribution in [0.4, 0.5) is 26.7 Å². The van der Waals surface area contributed by atoms with E-state index < -0.39 is 41.9 Å². The molecule has 24 heteroatoms. The highest BCUT2D eigenvalue weighted by molar-refractivity contribution is 6.44. The largest absolute Gasteiger partial charge is 0.445 e. The van der Waals surface area contributed by atoms with Crippen molar-refractivity contribution < 1.29 is 57.2 Å². The summed E-state index contributed by atoms with van der Waals surface area (Å²) in [4.78, 5) is 97.2. The van der Waals surface area contributed by atoms with Crippen LogP contribution >= 0.6 is 0 Å². The van der Waals surface area contributed by atoms with E-state index in [1.165, 1.54) is 0 Å².